The van der Waals surface area contributed by atoms with Gasteiger partial charge in [-0.05, 0) is 24.8 Å². The Kier molecular flexibility index (Phi) is 1.38. The van der Waals surface area contributed by atoms with Gasteiger partial charge in [0.25, 0.3) is 0 Å². The van der Waals surface area contributed by atoms with Crippen LogP contribution in [0.15, 0.2) is 21.9 Å². The molecule has 0 amide bonds. The van der Waals surface area contributed by atoms with Gasteiger partial charge < -0.3 is 0 Å². The van der Waals surface area contributed by atoms with Crippen LogP contribution in [0.25, 0.3) is 0 Å². The first-order valence-corrected chi connectivity index (χ1v) is 3.73. The summed E-state index contributed by atoms with van der Waals surface area (Å²) in [5.74, 6) is 0.575. The summed E-state index contributed by atoms with van der Waals surface area (Å²) in [6.45, 7) is 0. The van der Waals surface area contributed by atoms with Crippen molar-refractivity contribution in [2.75, 3.05) is 0 Å². The third-order valence-corrected chi connectivity index (χ3v) is 2.05. The summed E-state index contributed by atoms with van der Waals surface area (Å²) in [6, 6.07) is 0. The number of fused-ring (bicyclic) bond motifs is 1. The van der Waals surface area contributed by atoms with Gasteiger partial charge in [0, 0.05) is 12.1 Å². The fourth-order valence-corrected chi connectivity index (χ4v) is 1.45. The van der Waals surface area contributed by atoms with Crippen LogP contribution in [0.2, 0.25) is 0 Å². The first-order valence-electron chi connectivity index (χ1n) is 3.73. The van der Waals surface area contributed by atoms with Gasteiger partial charge in [0.15, 0.2) is 0 Å². The maximum atomic E-state index is 3.87. The maximum Gasteiger partial charge on any atom is 0.0530 e. The highest BCUT2D eigenvalue weighted by Gasteiger charge is 2.15. The van der Waals surface area contributed by atoms with Crippen molar-refractivity contribution in [1.82, 2.24) is 0 Å². The summed E-state index contributed by atoms with van der Waals surface area (Å²) >= 11 is 0. The monoisotopic (exact) mass is 134 g/mol. The van der Waals surface area contributed by atoms with E-state index < -0.39 is 0 Å². The van der Waals surface area contributed by atoms with E-state index >= 15 is 0 Å². The van der Waals surface area contributed by atoms with Gasteiger partial charge in [0.05, 0.1) is 6.21 Å². The van der Waals surface area contributed by atoms with Crippen LogP contribution < -0.4 is 0 Å². The molecule has 1 unspecified atom stereocenters. The highest BCUT2D eigenvalue weighted by atomic mass is 15.2. The molecule has 0 aromatic rings. The van der Waals surface area contributed by atoms with Crippen LogP contribution in [0.4, 0.5) is 0 Å². The number of allylic oxidation sites excluding steroid dienone is 2. The van der Waals surface area contributed by atoms with Gasteiger partial charge in [-0.3, -0.25) is 0 Å². The van der Waals surface area contributed by atoms with Gasteiger partial charge >= 0.3 is 0 Å². The zero-order valence-corrected chi connectivity index (χ0v) is 5.83. The molecule has 1 aliphatic heterocycles. The number of rotatable bonds is 0. The quantitative estimate of drug-likeness (QED) is 0.482. The fourth-order valence-electron chi connectivity index (χ4n) is 1.45. The fraction of sp³-hybridized carbons (Fsp3) is 0.500. The maximum absolute atomic E-state index is 3.87. The molecule has 0 aromatic carbocycles. The van der Waals surface area contributed by atoms with Crippen molar-refractivity contribution in [1.29, 1.82) is 0 Å². The molecule has 0 bridgehead atoms. The van der Waals surface area contributed by atoms with Gasteiger partial charge in [0.1, 0.15) is 0 Å². The number of hydrogen-bond acceptors (Lipinski definition) is 2. The molecule has 0 aromatic heterocycles. The summed E-state index contributed by atoms with van der Waals surface area (Å²) < 4.78 is 0. The third kappa shape index (κ3) is 0.897. The zero-order chi connectivity index (χ0) is 6.81. The van der Waals surface area contributed by atoms with E-state index in [1.54, 1.807) is 0 Å². The van der Waals surface area contributed by atoms with Crippen LogP contribution in [0.5, 0.6) is 0 Å². The second-order valence-electron chi connectivity index (χ2n) is 2.75. The summed E-state index contributed by atoms with van der Waals surface area (Å²) in [5.41, 5.74) is 1.36. The lowest BCUT2D eigenvalue weighted by molar-refractivity contribution is 0.645. The third-order valence-electron chi connectivity index (χ3n) is 2.05. The lowest BCUT2D eigenvalue weighted by Gasteiger charge is -2.18. The molecule has 2 rings (SSSR count). The van der Waals surface area contributed by atoms with Crippen molar-refractivity contribution in [2.24, 2.45) is 16.1 Å². The molecule has 0 fully saturated rings. The molecule has 1 heterocycles. The molecule has 0 saturated carbocycles. The minimum absolute atomic E-state index is 0.575. The highest BCUT2D eigenvalue weighted by molar-refractivity contribution is 5.88. The van der Waals surface area contributed by atoms with E-state index in [0.717, 1.165) is 0 Å². The van der Waals surface area contributed by atoms with Gasteiger partial charge in [-0.25, -0.2) is 0 Å². The molecule has 0 spiro atoms. The Balaban J connectivity index is 2.27. The van der Waals surface area contributed by atoms with Gasteiger partial charge in [-0.1, -0.05) is 6.08 Å². The van der Waals surface area contributed by atoms with Crippen LogP contribution in [0.3, 0.4) is 0 Å². The zero-order valence-electron chi connectivity index (χ0n) is 5.83. The molecule has 2 aliphatic rings. The van der Waals surface area contributed by atoms with E-state index in [9.17, 15) is 0 Å². The number of nitrogens with zero attached hydrogens (tertiary/aromatic N) is 2. The Bertz CT molecular complexity index is 213. The first-order chi connectivity index (χ1) is 4.97. The lowest BCUT2D eigenvalue weighted by atomic mass is 9.89. The smallest absolute Gasteiger partial charge is 0.0530 e. The summed E-state index contributed by atoms with van der Waals surface area (Å²) in [4.78, 5) is 0. The molecule has 52 valence electrons. The Morgan fingerprint density at radius 3 is 3.30 bits per heavy atom. The van der Waals surface area contributed by atoms with Crippen molar-refractivity contribution in [2.45, 2.75) is 19.3 Å². The number of hydrogen-bond donors (Lipinski definition) is 0. The van der Waals surface area contributed by atoms with E-state index in [4.69, 9.17) is 0 Å². The molecule has 0 saturated heterocycles. The minimum Gasteiger partial charge on any atom is -0.163 e. The summed E-state index contributed by atoms with van der Waals surface area (Å²) in [6.07, 6.45) is 9.86. The van der Waals surface area contributed by atoms with Crippen molar-refractivity contribution in [3.63, 3.8) is 0 Å². The second kappa shape index (κ2) is 2.37. The Labute approximate surface area is 60.4 Å². The molecular formula is C8H10N2. The van der Waals surface area contributed by atoms with Gasteiger partial charge in [0.2, 0.25) is 0 Å². The summed E-state index contributed by atoms with van der Waals surface area (Å²) in [5, 5.41) is 7.70. The average molecular weight is 134 g/mol. The van der Waals surface area contributed by atoms with Gasteiger partial charge in [-0.15, -0.1) is 0 Å². The van der Waals surface area contributed by atoms with Crippen LogP contribution in [-0.4, -0.2) is 12.4 Å². The van der Waals surface area contributed by atoms with Gasteiger partial charge in [-0.2, -0.15) is 10.2 Å². The van der Waals surface area contributed by atoms with Crippen molar-refractivity contribution in [3.8, 4) is 0 Å². The van der Waals surface area contributed by atoms with E-state index in [0.29, 0.717) is 5.92 Å². The largest absolute Gasteiger partial charge is 0.163 e. The molecule has 10 heavy (non-hydrogen) atoms. The summed E-state index contributed by atoms with van der Waals surface area (Å²) in [7, 11) is 0. The standard InChI is InChI=1S/C8H10N2/c1-2-4-8-6-10-9-5-7(8)3-1/h3,5-6,8H,1-2,4H2. The Morgan fingerprint density at radius 1 is 1.40 bits per heavy atom. The Morgan fingerprint density at radius 2 is 2.40 bits per heavy atom. The van der Waals surface area contributed by atoms with E-state index in [2.05, 4.69) is 16.3 Å². The van der Waals surface area contributed by atoms with Crippen LogP contribution in [-0.2, 0) is 0 Å². The van der Waals surface area contributed by atoms with Crippen LogP contribution in [0, 0.1) is 5.92 Å². The van der Waals surface area contributed by atoms with Crippen LogP contribution in [0.1, 0.15) is 19.3 Å². The van der Waals surface area contributed by atoms with Crippen molar-refractivity contribution in [3.05, 3.63) is 11.6 Å². The Hall–Kier alpha value is -0.920. The lowest BCUT2D eigenvalue weighted by Crippen LogP contribution is -2.13. The van der Waals surface area contributed by atoms with E-state index in [-0.39, 0.29) is 0 Å². The molecular weight excluding hydrogens is 124 g/mol. The average Bonchev–Trinajstić information content (AvgIpc) is 2.05. The molecule has 1 atom stereocenters. The predicted molar refractivity (Wildman–Crippen MR) is 42.4 cm³/mol. The second-order valence-corrected chi connectivity index (χ2v) is 2.75. The van der Waals surface area contributed by atoms with Crippen molar-refractivity contribution < 1.29 is 0 Å². The minimum atomic E-state index is 0.575. The SMILES string of the molecule is C1=NN=CC2CCCC=C12. The van der Waals surface area contributed by atoms with E-state index in [1.807, 2.05) is 12.4 Å². The van der Waals surface area contributed by atoms with E-state index in [1.165, 1.54) is 24.8 Å². The molecule has 0 N–H and O–H groups in total. The predicted octanol–water partition coefficient (Wildman–Crippen LogP) is 1.78. The molecule has 2 heteroatoms. The normalized spacial score (nSPS) is 29.6. The topological polar surface area (TPSA) is 24.7 Å². The molecule has 1 aliphatic carbocycles. The molecule has 2 nitrogen and oxygen atoms in total. The van der Waals surface area contributed by atoms with Crippen molar-refractivity contribution >= 4 is 12.4 Å². The first kappa shape index (κ1) is 5.83. The molecule has 0 radical (unpaired) electrons. The van der Waals surface area contributed by atoms with Crippen LogP contribution >= 0.6 is 0 Å². The highest BCUT2D eigenvalue weighted by Crippen LogP contribution is 2.23.